The Morgan fingerprint density at radius 1 is 0.882 bits per heavy atom. The van der Waals surface area contributed by atoms with Crippen LogP contribution >= 0.6 is 0 Å². The maximum Gasteiger partial charge on any atom is 0.0950 e. The molecule has 0 spiro atoms. The second-order valence-corrected chi connectivity index (χ2v) is 11.3. The van der Waals surface area contributed by atoms with E-state index in [1.54, 1.807) is 0 Å². The molecule has 1 heteroatoms. The third kappa shape index (κ3) is 8.16. The van der Waals surface area contributed by atoms with Crippen molar-refractivity contribution in [1.29, 1.82) is 5.26 Å². The van der Waals surface area contributed by atoms with E-state index in [-0.39, 0.29) is 10.8 Å². The summed E-state index contributed by atoms with van der Waals surface area (Å²) in [5.74, 6) is 0. The van der Waals surface area contributed by atoms with Crippen molar-refractivity contribution in [2.24, 2.45) is 0 Å². The summed E-state index contributed by atoms with van der Waals surface area (Å²) in [4.78, 5) is 0. The van der Waals surface area contributed by atoms with Crippen LogP contribution in [0.15, 0.2) is 52.7 Å². The number of nitriles is 1. The summed E-state index contributed by atoms with van der Waals surface area (Å²) in [6, 6.07) is 7.12. The third-order valence-electron chi connectivity index (χ3n) is 7.12. The summed E-state index contributed by atoms with van der Waals surface area (Å²) in [6.07, 6.45) is 14.4. The zero-order valence-corrected chi connectivity index (χ0v) is 23.9. The molecule has 0 aliphatic heterocycles. The quantitative estimate of drug-likeness (QED) is 0.238. The summed E-state index contributed by atoms with van der Waals surface area (Å²) < 4.78 is 0. The Kier molecular flexibility index (Phi) is 11.3. The van der Waals surface area contributed by atoms with Crippen LogP contribution in [0, 0.1) is 18.3 Å². The van der Waals surface area contributed by atoms with E-state index in [1.165, 1.54) is 53.5 Å². The van der Waals surface area contributed by atoms with Crippen LogP contribution in [0.25, 0.3) is 6.08 Å². The maximum absolute atomic E-state index is 9.45. The van der Waals surface area contributed by atoms with Crippen LogP contribution in [-0.4, -0.2) is 0 Å². The molecule has 0 fully saturated rings. The van der Waals surface area contributed by atoms with Crippen LogP contribution < -0.4 is 0 Å². The van der Waals surface area contributed by atoms with Gasteiger partial charge in [-0.1, -0.05) is 109 Å². The average Bonchev–Trinajstić information content (AvgIpc) is 2.76. The monoisotopic (exact) mass is 459 g/mol. The van der Waals surface area contributed by atoms with Gasteiger partial charge in [0, 0.05) is 5.57 Å². The first kappa shape index (κ1) is 29.7. The topological polar surface area (TPSA) is 23.8 Å². The molecule has 0 heterocycles. The molecule has 0 unspecified atom stereocenters. The fourth-order valence-electron chi connectivity index (χ4n) is 4.97. The van der Waals surface area contributed by atoms with Crippen LogP contribution in [0.2, 0.25) is 0 Å². The summed E-state index contributed by atoms with van der Waals surface area (Å²) in [5.41, 5.74) is 10.1. The normalized spacial score (nSPS) is 14.4. The lowest BCUT2D eigenvalue weighted by Gasteiger charge is -2.33. The highest BCUT2D eigenvalue weighted by Gasteiger charge is 2.28. The summed E-state index contributed by atoms with van der Waals surface area (Å²) in [6.45, 7) is 24.7. The first-order chi connectivity index (χ1) is 15.8. The predicted octanol–water partition coefficient (Wildman–Crippen LogP) is 10.3. The Bertz CT molecular complexity index is 960. The number of allylic oxidation sites excluding steroid dienone is 7. The van der Waals surface area contributed by atoms with E-state index >= 15 is 0 Å². The molecule has 1 aromatic carbocycles. The molecular formula is C33H49N. The lowest BCUT2D eigenvalue weighted by molar-refractivity contribution is 0.453. The first-order valence-corrected chi connectivity index (χ1v) is 13.1. The van der Waals surface area contributed by atoms with E-state index < -0.39 is 0 Å². The molecule has 0 saturated carbocycles. The standard InChI is InChI=1S/C33H49N/c1-12-17-32(8,9)30-21-28(22-31(27(30)7)33(10,11)18-13-2)16-15-25(5)20-29(26(6)23-34)19-24(4)14-3/h15-16,19-22H,12-14,17-18H2,1-11H3/b16-15+,24-19+,25-20+,29-26-. The summed E-state index contributed by atoms with van der Waals surface area (Å²) in [7, 11) is 0. The molecule has 0 saturated heterocycles. The molecule has 1 nitrogen and oxygen atoms in total. The molecule has 0 amide bonds. The van der Waals surface area contributed by atoms with Gasteiger partial charge in [-0.25, -0.2) is 0 Å². The fourth-order valence-corrected chi connectivity index (χ4v) is 4.97. The molecule has 0 radical (unpaired) electrons. The Balaban J connectivity index is 3.61. The van der Waals surface area contributed by atoms with E-state index in [0.717, 1.165) is 23.1 Å². The molecule has 0 atom stereocenters. The van der Waals surface area contributed by atoms with Gasteiger partial charge in [-0.3, -0.25) is 0 Å². The van der Waals surface area contributed by atoms with Crippen molar-refractivity contribution in [1.82, 2.24) is 0 Å². The molecule has 0 aliphatic rings. The highest BCUT2D eigenvalue weighted by atomic mass is 14.3. The lowest BCUT2D eigenvalue weighted by Crippen LogP contribution is -2.24. The van der Waals surface area contributed by atoms with Crippen molar-refractivity contribution in [2.45, 2.75) is 119 Å². The molecular weight excluding hydrogens is 410 g/mol. The Morgan fingerprint density at radius 2 is 1.38 bits per heavy atom. The second kappa shape index (κ2) is 12.9. The van der Waals surface area contributed by atoms with E-state index in [2.05, 4.69) is 112 Å². The smallest absolute Gasteiger partial charge is 0.0950 e. The minimum atomic E-state index is 0.146. The van der Waals surface area contributed by atoms with Crippen molar-refractivity contribution in [3.8, 4) is 6.07 Å². The lowest BCUT2D eigenvalue weighted by atomic mass is 9.71. The molecule has 1 aromatic rings. The van der Waals surface area contributed by atoms with Crippen molar-refractivity contribution in [3.63, 3.8) is 0 Å². The van der Waals surface area contributed by atoms with Gasteiger partial charge in [0.2, 0.25) is 0 Å². The second-order valence-electron chi connectivity index (χ2n) is 11.3. The average molecular weight is 460 g/mol. The molecule has 0 aliphatic carbocycles. The minimum Gasteiger partial charge on any atom is -0.193 e. The van der Waals surface area contributed by atoms with Gasteiger partial charge in [0.05, 0.1) is 6.07 Å². The van der Waals surface area contributed by atoms with E-state index in [4.69, 9.17) is 0 Å². The van der Waals surface area contributed by atoms with Crippen LogP contribution in [0.3, 0.4) is 0 Å². The van der Waals surface area contributed by atoms with Crippen molar-refractivity contribution in [2.75, 3.05) is 0 Å². The Morgan fingerprint density at radius 3 is 1.79 bits per heavy atom. The van der Waals surface area contributed by atoms with Gasteiger partial charge in [-0.15, -0.1) is 0 Å². The molecule has 186 valence electrons. The molecule has 0 N–H and O–H groups in total. The van der Waals surface area contributed by atoms with Gasteiger partial charge in [0.15, 0.2) is 0 Å². The number of nitrogens with zero attached hydrogens (tertiary/aromatic N) is 1. The first-order valence-electron chi connectivity index (χ1n) is 13.1. The van der Waals surface area contributed by atoms with Crippen LogP contribution in [0.4, 0.5) is 0 Å². The summed E-state index contributed by atoms with van der Waals surface area (Å²) >= 11 is 0. The number of benzene rings is 1. The van der Waals surface area contributed by atoms with Crippen LogP contribution in [0.5, 0.6) is 0 Å². The van der Waals surface area contributed by atoms with E-state index in [1.807, 2.05) is 6.92 Å². The zero-order valence-electron chi connectivity index (χ0n) is 23.9. The van der Waals surface area contributed by atoms with Crippen LogP contribution in [-0.2, 0) is 10.8 Å². The van der Waals surface area contributed by atoms with Gasteiger partial charge in [0.1, 0.15) is 0 Å². The number of hydrogen-bond donors (Lipinski definition) is 0. The Hall–Kier alpha value is -2.33. The third-order valence-corrected chi connectivity index (χ3v) is 7.12. The zero-order chi connectivity index (χ0) is 26.1. The van der Waals surface area contributed by atoms with Crippen molar-refractivity contribution in [3.05, 3.63) is 74.9 Å². The largest absolute Gasteiger partial charge is 0.193 e. The Labute approximate surface area is 211 Å². The van der Waals surface area contributed by atoms with Gasteiger partial charge in [-0.05, 0) is 85.6 Å². The highest BCUT2D eigenvalue weighted by molar-refractivity contribution is 5.59. The summed E-state index contributed by atoms with van der Waals surface area (Å²) in [5, 5.41) is 9.45. The number of hydrogen-bond acceptors (Lipinski definition) is 1. The molecule has 0 aromatic heterocycles. The molecule has 34 heavy (non-hydrogen) atoms. The van der Waals surface area contributed by atoms with E-state index in [0.29, 0.717) is 0 Å². The number of rotatable bonds is 11. The van der Waals surface area contributed by atoms with Gasteiger partial charge in [-0.2, -0.15) is 5.26 Å². The van der Waals surface area contributed by atoms with Gasteiger partial charge >= 0.3 is 0 Å². The van der Waals surface area contributed by atoms with Gasteiger partial charge < -0.3 is 0 Å². The highest BCUT2D eigenvalue weighted by Crippen LogP contribution is 2.39. The van der Waals surface area contributed by atoms with E-state index in [9.17, 15) is 5.26 Å². The van der Waals surface area contributed by atoms with Gasteiger partial charge in [0.25, 0.3) is 0 Å². The maximum atomic E-state index is 9.45. The predicted molar refractivity (Wildman–Crippen MR) is 152 cm³/mol. The fraction of sp³-hybridized carbons (Fsp3) is 0.545. The SMILES string of the molecule is CCCC(C)(C)c1cc(/C=C/C(C)=C/C(/C=C(\C)CC)=C(/C)C#N)cc(C(C)(C)CCC)c1C. The molecule has 1 rings (SSSR count). The minimum absolute atomic E-state index is 0.146. The molecule has 0 bridgehead atoms. The van der Waals surface area contributed by atoms with Crippen LogP contribution in [0.1, 0.15) is 124 Å². The van der Waals surface area contributed by atoms with Crippen molar-refractivity contribution >= 4 is 6.08 Å². The van der Waals surface area contributed by atoms with Crippen molar-refractivity contribution < 1.29 is 0 Å².